The van der Waals surface area contributed by atoms with E-state index in [4.69, 9.17) is 11.6 Å². The lowest BCUT2D eigenvalue weighted by Crippen LogP contribution is -2.27. The standard InChI is InChI=1S/C13H25ClN6/c1-5-15-12-17-11(14)18-13(19-12)16-8-6-7-9-20(4)10(2)3/h10H,5-9H2,1-4H3,(H2,15,16,17,18,19). The predicted molar refractivity (Wildman–Crippen MR) is 84.5 cm³/mol. The van der Waals surface area contributed by atoms with E-state index < -0.39 is 0 Å². The highest BCUT2D eigenvalue weighted by Crippen LogP contribution is 2.09. The molecule has 0 fully saturated rings. The normalized spacial score (nSPS) is 11.2. The van der Waals surface area contributed by atoms with Crippen molar-refractivity contribution in [2.75, 3.05) is 37.3 Å². The lowest BCUT2D eigenvalue weighted by atomic mass is 10.2. The van der Waals surface area contributed by atoms with E-state index in [-0.39, 0.29) is 5.28 Å². The molecule has 1 aromatic heterocycles. The first-order chi connectivity index (χ1) is 9.52. The summed E-state index contributed by atoms with van der Waals surface area (Å²) in [4.78, 5) is 14.6. The van der Waals surface area contributed by atoms with Gasteiger partial charge in [0.15, 0.2) is 0 Å². The van der Waals surface area contributed by atoms with Crippen LogP contribution in [0.15, 0.2) is 0 Å². The van der Waals surface area contributed by atoms with Crippen molar-refractivity contribution in [3.8, 4) is 0 Å². The van der Waals surface area contributed by atoms with Gasteiger partial charge in [-0.15, -0.1) is 0 Å². The third kappa shape index (κ3) is 6.34. The summed E-state index contributed by atoms with van der Waals surface area (Å²) in [7, 11) is 2.15. The number of unbranched alkanes of at least 4 members (excludes halogenated alkanes) is 1. The second-order valence-electron chi connectivity index (χ2n) is 4.99. The van der Waals surface area contributed by atoms with Gasteiger partial charge in [-0.3, -0.25) is 0 Å². The summed E-state index contributed by atoms with van der Waals surface area (Å²) in [5.41, 5.74) is 0. The predicted octanol–water partition coefficient (Wildman–Crippen LogP) is 2.49. The molecule has 1 heterocycles. The van der Waals surface area contributed by atoms with Crippen molar-refractivity contribution >= 4 is 23.5 Å². The topological polar surface area (TPSA) is 66.0 Å². The molecule has 0 atom stereocenters. The molecule has 20 heavy (non-hydrogen) atoms. The summed E-state index contributed by atoms with van der Waals surface area (Å²) in [6, 6.07) is 0.591. The molecule has 1 rings (SSSR count). The first-order valence-corrected chi connectivity index (χ1v) is 7.50. The maximum Gasteiger partial charge on any atom is 0.228 e. The van der Waals surface area contributed by atoms with Crippen LogP contribution < -0.4 is 10.6 Å². The number of anilines is 2. The average Bonchev–Trinajstić information content (AvgIpc) is 2.37. The van der Waals surface area contributed by atoms with Crippen LogP contribution in [0.25, 0.3) is 0 Å². The Morgan fingerprint density at radius 3 is 2.35 bits per heavy atom. The summed E-state index contributed by atoms with van der Waals surface area (Å²) >= 11 is 5.85. The van der Waals surface area contributed by atoms with Gasteiger partial charge in [-0.2, -0.15) is 15.0 Å². The molecule has 0 bridgehead atoms. The Morgan fingerprint density at radius 2 is 1.75 bits per heavy atom. The van der Waals surface area contributed by atoms with Crippen LogP contribution in [0.2, 0.25) is 5.28 Å². The van der Waals surface area contributed by atoms with Gasteiger partial charge >= 0.3 is 0 Å². The highest BCUT2D eigenvalue weighted by molar-refractivity contribution is 6.28. The smallest absolute Gasteiger partial charge is 0.228 e. The van der Waals surface area contributed by atoms with Gasteiger partial charge in [0, 0.05) is 19.1 Å². The van der Waals surface area contributed by atoms with Gasteiger partial charge in [0.2, 0.25) is 17.2 Å². The van der Waals surface area contributed by atoms with E-state index in [0.717, 1.165) is 32.5 Å². The number of aromatic nitrogens is 3. The van der Waals surface area contributed by atoms with Crippen molar-refractivity contribution in [1.29, 1.82) is 0 Å². The Morgan fingerprint density at radius 1 is 1.10 bits per heavy atom. The molecule has 2 N–H and O–H groups in total. The Bertz CT molecular complexity index is 398. The summed E-state index contributed by atoms with van der Waals surface area (Å²) in [5, 5.41) is 6.41. The first-order valence-electron chi connectivity index (χ1n) is 7.12. The average molecular weight is 301 g/mol. The maximum atomic E-state index is 5.85. The van der Waals surface area contributed by atoms with E-state index in [1.807, 2.05) is 6.92 Å². The second kappa shape index (κ2) is 8.92. The zero-order valence-corrected chi connectivity index (χ0v) is 13.5. The molecule has 0 aliphatic heterocycles. The van der Waals surface area contributed by atoms with Crippen molar-refractivity contribution in [3.05, 3.63) is 5.28 Å². The quantitative estimate of drug-likeness (QED) is 0.683. The molecule has 0 aromatic carbocycles. The molecule has 7 heteroatoms. The monoisotopic (exact) mass is 300 g/mol. The molecule has 0 unspecified atom stereocenters. The van der Waals surface area contributed by atoms with Crippen LogP contribution in [0.5, 0.6) is 0 Å². The van der Waals surface area contributed by atoms with Gasteiger partial charge in [0.05, 0.1) is 0 Å². The van der Waals surface area contributed by atoms with Gasteiger partial charge in [-0.25, -0.2) is 0 Å². The van der Waals surface area contributed by atoms with Crippen molar-refractivity contribution in [2.24, 2.45) is 0 Å². The lowest BCUT2D eigenvalue weighted by molar-refractivity contribution is 0.269. The summed E-state index contributed by atoms with van der Waals surface area (Å²) < 4.78 is 0. The maximum absolute atomic E-state index is 5.85. The van der Waals surface area contributed by atoms with Crippen LogP contribution in [0, 0.1) is 0 Å². The van der Waals surface area contributed by atoms with E-state index in [0.29, 0.717) is 17.9 Å². The van der Waals surface area contributed by atoms with E-state index in [1.165, 1.54) is 0 Å². The van der Waals surface area contributed by atoms with Crippen LogP contribution in [0.3, 0.4) is 0 Å². The molecular formula is C13H25ClN6. The molecule has 0 saturated carbocycles. The third-order valence-corrected chi connectivity index (χ3v) is 3.21. The minimum absolute atomic E-state index is 0.206. The summed E-state index contributed by atoms with van der Waals surface area (Å²) in [5.74, 6) is 1.03. The lowest BCUT2D eigenvalue weighted by Gasteiger charge is -2.20. The third-order valence-electron chi connectivity index (χ3n) is 3.05. The number of nitrogens with one attached hydrogen (secondary N) is 2. The van der Waals surface area contributed by atoms with Gasteiger partial charge in [0.25, 0.3) is 0 Å². The SMILES string of the molecule is CCNc1nc(Cl)nc(NCCCCN(C)C(C)C)n1. The van der Waals surface area contributed by atoms with E-state index in [2.05, 4.69) is 51.4 Å². The Hall–Kier alpha value is -1.14. The fraction of sp³-hybridized carbons (Fsp3) is 0.769. The van der Waals surface area contributed by atoms with E-state index in [1.54, 1.807) is 0 Å². The Balaban J connectivity index is 2.31. The van der Waals surface area contributed by atoms with Gasteiger partial charge in [-0.05, 0) is 58.8 Å². The van der Waals surface area contributed by atoms with E-state index in [9.17, 15) is 0 Å². The summed E-state index contributed by atoms with van der Waals surface area (Å²) in [6.07, 6.45) is 2.21. The fourth-order valence-electron chi connectivity index (χ4n) is 1.61. The molecule has 0 aliphatic rings. The van der Waals surface area contributed by atoms with Gasteiger partial charge in [0.1, 0.15) is 0 Å². The number of nitrogens with zero attached hydrogens (tertiary/aromatic N) is 4. The molecule has 0 radical (unpaired) electrons. The highest BCUT2D eigenvalue weighted by Gasteiger charge is 2.04. The zero-order valence-electron chi connectivity index (χ0n) is 12.8. The first kappa shape index (κ1) is 16.9. The molecule has 114 valence electrons. The summed E-state index contributed by atoms with van der Waals surface area (Å²) in [6.45, 7) is 9.07. The Labute approximate surface area is 126 Å². The van der Waals surface area contributed by atoms with Crippen molar-refractivity contribution in [1.82, 2.24) is 19.9 Å². The van der Waals surface area contributed by atoms with Crippen molar-refractivity contribution in [2.45, 2.75) is 39.7 Å². The van der Waals surface area contributed by atoms with Crippen LogP contribution in [0.4, 0.5) is 11.9 Å². The van der Waals surface area contributed by atoms with Gasteiger partial charge in [-0.1, -0.05) is 0 Å². The van der Waals surface area contributed by atoms with Gasteiger partial charge < -0.3 is 15.5 Å². The molecule has 0 aliphatic carbocycles. The number of halogens is 1. The zero-order chi connectivity index (χ0) is 15.0. The number of rotatable bonds is 9. The number of hydrogen-bond acceptors (Lipinski definition) is 6. The van der Waals surface area contributed by atoms with Crippen LogP contribution in [-0.2, 0) is 0 Å². The molecule has 0 saturated heterocycles. The molecule has 0 amide bonds. The largest absolute Gasteiger partial charge is 0.354 e. The highest BCUT2D eigenvalue weighted by atomic mass is 35.5. The molecule has 0 spiro atoms. The van der Waals surface area contributed by atoms with Crippen molar-refractivity contribution < 1.29 is 0 Å². The van der Waals surface area contributed by atoms with Crippen LogP contribution >= 0.6 is 11.6 Å². The van der Waals surface area contributed by atoms with E-state index >= 15 is 0 Å². The minimum atomic E-state index is 0.206. The Kier molecular flexibility index (Phi) is 7.54. The van der Waals surface area contributed by atoms with Crippen LogP contribution in [0.1, 0.15) is 33.6 Å². The molecule has 1 aromatic rings. The fourth-order valence-corrected chi connectivity index (χ4v) is 1.77. The van der Waals surface area contributed by atoms with Crippen LogP contribution in [-0.4, -0.2) is 52.6 Å². The number of hydrogen-bond donors (Lipinski definition) is 2. The second-order valence-corrected chi connectivity index (χ2v) is 5.33. The molecular weight excluding hydrogens is 276 g/mol. The van der Waals surface area contributed by atoms with Crippen molar-refractivity contribution in [3.63, 3.8) is 0 Å². The molecule has 6 nitrogen and oxygen atoms in total. The minimum Gasteiger partial charge on any atom is -0.354 e.